The standard InChI is InChI=1S/C12H17BrN2O2S/c1-14-11-3-2-8-15(9-11)18(16,17)12-6-4-10(13)5-7-12/h4-7,11,14H,2-3,8-9H2,1H3/t11-/m0/s1. The SMILES string of the molecule is CN[C@H]1CCCN(S(=O)(=O)c2ccc(Br)cc2)C1. The first-order valence-corrected chi connectivity index (χ1v) is 8.20. The molecule has 0 unspecified atom stereocenters. The maximum atomic E-state index is 12.4. The Balaban J connectivity index is 2.22. The van der Waals surface area contributed by atoms with E-state index in [1.165, 1.54) is 0 Å². The molecule has 0 bridgehead atoms. The number of rotatable bonds is 3. The minimum absolute atomic E-state index is 0.254. The molecular formula is C12H17BrN2O2S. The fourth-order valence-electron chi connectivity index (χ4n) is 2.15. The normalized spacial score (nSPS) is 22.0. The zero-order chi connectivity index (χ0) is 13.2. The van der Waals surface area contributed by atoms with Crippen LogP contribution in [0.5, 0.6) is 0 Å². The highest BCUT2D eigenvalue weighted by Gasteiger charge is 2.29. The molecule has 1 heterocycles. The molecule has 1 saturated heterocycles. The Morgan fingerprint density at radius 2 is 2.00 bits per heavy atom. The van der Waals surface area contributed by atoms with Crippen molar-refractivity contribution in [2.75, 3.05) is 20.1 Å². The van der Waals surface area contributed by atoms with Gasteiger partial charge in [0.15, 0.2) is 0 Å². The summed E-state index contributed by atoms with van der Waals surface area (Å²) in [5.74, 6) is 0. The van der Waals surface area contributed by atoms with Gasteiger partial charge in [0.1, 0.15) is 0 Å². The summed E-state index contributed by atoms with van der Waals surface area (Å²) in [6, 6.07) is 7.05. The Hall–Kier alpha value is -0.430. The van der Waals surface area contributed by atoms with Crippen LogP contribution in [0.2, 0.25) is 0 Å². The van der Waals surface area contributed by atoms with Crippen LogP contribution >= 0.6 is 15.9 Å². The molecule has 0 aliphatic carbocycles. The Morgan fingerprint density at radius 3 is 2.61 bits per heavy atom. The highest BCUT2D eigenvalue weighted by molar-refractivity contribution is 9.10. The summed E-state index contributed by atoms with van der Waals surface area (Å²) in [6.07, 6.45) is 1.93. The van der Waals surface area contributed by atoms with Crippen LogP contribution in [0, 0.1) is 0 Å². The minimum Gasteiger partial charge on any atom is -0.316 e. The molecule has 1 aromatic rings. The van der Waals surface area contributed by atoms with Gasteiger partial charge in [-0.05, 0) is 44.2 Å². The molecule has 2 rings (SSSR count). The third kappa shape index (κ3) is 2.93. The van der Waals surface area contributed by atoms with Crippen LogP contribution in [0.15, 0.2) is 33.6 Å². The molecule has 0 radical (unpaired) electrons. The highest BCUT2D eigenvalue weighted by Crippen LogP contribution is 2.22. The van der Waals surface area contributed by atoms with Gasteiger partial charge < -0.3 is 5.32 Å². The first kappa shape index (κ1) is 14.0. The molecule has 0 saturated carbocycles. The second-order valence-corrected chi connectivity index (χ2v) is 7.30. The predicted octanol–water partition coefficient (Wildman–Crippen LogP) is 1.82. The van der Waals surface area contributed by atoms with Crippen LogP contribution in [0.25, 0.3) is 0 Å². The fraction of sp³-hybridized carbons (Fsp3) is 0.500. The van der Waals surface area contributed by atoms with Crippen LogP contribution in [0.1, 0.15) is 12.8 Å². The van der Waals surface area contributed by atoms with Crippen molar-refractivity contribution in [1.82, 2.24) is 9.62 Å². The van der Waals surface area contributed by atoms with Crippen molar-refractivity contribution < 1.29 is 8.42 Å². The quantitative estimate of drug-likeness (QED) is 0.918. The molecule has 1 aliphatic rings. The molecule has 1 aliphatic heterocycles. The van der Waals surface area contributed by atoms with Crippen LogP contribution in [-0.2, 0) is 10.0 Å². The van der Waals surface area contributed by atoms with Crippen molar-refractivity contribution in [2.45, 2.75) is 23.8 Å². The minimum atomic E-state index is -3.35. The fourth-order valence-corrected chi connectivity index (χ4v) is 3.94. The molecule has 18 heavy (non-hydrogen) atoms. The Morgan fingerprint density at radius 1 is 1.33 bits per heavy atom. The van der Waals surface area contributed by atoms with E-state index in [0.717, 1.165) is 17.3 Å². The highest BCUT2D eigenvalue weighted by atomic mass is 79.9. The van der Waals surface area contributed by atoms with Crippen LogP contribution < -0.4 is 5.32 Å². The first-order valence-electron chi connectivity index (χ1n) is 5.97. The molecule has 100 valence electrons. The van der Waals surface area contributed by atoms with E-state index in [9.17, 15) is 8.42 Å². The molecule has 1 fully saturated rings. The molecule has 0 aromatic heterocycles. The van der Waals surface area contributed by atoms with E-state index in [-0.39, 0.29) is 6.04 Å². The summed E-state index contributed by atoms with van der Waals surface area (Å²) in [7, 11) is -1.47. The third-order valence-corrected chi connectivity index (χ3v) is 5.65. The van der Waals surface area contributed by atoms with Gasteiger partial charge in [-0.2, -0.15) is 4.31 Å². The summed E-state index contributed by atoms with van der Waals surface area (Å²) in [4.78, 5) is 0.363. The number of benzene rings is 1. The molecule has 0 spiro atoms. The maximum Gasteiger partial charge on any atom is 0.243 e. The summed E-state index contributed by atoms with van der Waals surface area (Å²) < 4.78 is 27.3. The van der Waals surface area contributed by atoms with Crippen molar-refractivity contribution in [1.29, 1.82) is 0 Å². The van der Waals surface area contributed by atoms with E-state index in [4.69, 9.17) is 0 Å². The van der Waals surface area contributed by atoms with Gasteiger partial charge in [0, 0.05) is 23.6 Å². The van der Waals surface area contributed by atoms with Crippen molar-refractivity contribution in [3.8, 4) is 0 Å². The Bertz CT molecular complexity index is 501. The van der Waals surface area contributed by atoms with Gasteiger partial charge in [-0.1, -0.05) is 15.9 Å². The molecule has 1 N–H and O–H groups in total. The summed E-state index contributed by atoms with van der Waals surface area (Å²) in [5, 5.41) is 3.15. The van der Waals surface area contributed by atoms with Crippen molar-refractivity contribution >= 4 is 26.0 Å². The van der Waals surface area contributed by atoms with Gasteiger partial charge in [-0.25, -0.2) is 8.42 Å². The number of nitrogens with zero attached hydrogens (tertiary/aromatic N) is 1. The largest absolute Gasteiger partial charge is 0.316 e. The van der Waals surface area contributed by atoms with E-state index in [0.29, 0.717) is 18.0 Å². The van der Waals surface area contributed by atoms with Crippen molar-refractivity contribution in [2.24, 2.45) is 0 Å². The van der Waals surface area contributed by atoms with Crippen LogP contribution in [-0.4, -0.2) is 38.9 Å². The van der Waals surface area contributed by atoms with Gasteiger partial charge in [0.2, 0.25) is 10.0 Å². The van der Waals surface area contributed by atoms with E-state index in [1.54, 1.807) is 28.6 Å². The van der Waals surface area contributed by atoms with Gasteiger partial charge >= 0.3 is 0 Å². The predicted molar refractivity (Wildman–Crippen MR) is 75.0 cm³/mol. The third-order valence-electron chi connectivity index (χ3n) is 3.24. The number of nitrogens with one attached hydrogen (secondary N) is 1. The topological polar surface area (TPSA) is 49.4 Å². The van der Waals surface area contributed by atoms with Gasteiger partial charge in [0.25, 0.3) is 0 Å². The Kier molecular flexibility index (Phi) is 4.42. The number of hydrogen-bond acceptors (Lipinski definition) is 3. The number of halogens is 1. The number of hydrogen-bond donors (Lipinski definition) is 1. The average Bonchev–Trinajstić information content (AvgIpc) is 2.39. The Labute approximate surface area is 117 Å². The van der Waals surface area contributed by atoms with E-state index in [1.807, 2.05) is 7.05 Å². The number of piperidine rings is 1. The number of sulfonamides is 1. The van der Waals surface area contributed by atoms with Gasteiger partial charge in [0.05, 0.1) is 4.90 Å². The molecule has 0 amide bonds. The lowest BCUT2D eigenvalue weighted by atomic mass is 10.1. The first-order chi connectivity index (χ1) is 8.54. The molecule has 1 aromatic carbocycles. The molecule has 1 atom stereocenters. The lowest BCUT2D eigenvalue weighted by Gasteiger charge is -2.31. The second-order valence-electron chi connectivity index (χ2n) is 4.44. The summed E-state index contributed by atoms with van der Waals surface area (Å²) in [5.41, 5.74) is 0. The molecule has 4 nitrogen and oxygen atoms in total. The summed E-state index contributed by atoms with van der Waals surface area (Å²) in [6.45, 7) is 1.16. The van der Waals surface area contributed by atoms with E-state index in [2.05, 4.69) is 21.2 Å². The molecular weight excluding hydrogens is 316 g/mol. The van der Waals surface area contributed by atoms with Crippen molar-refractivity contribution in [3.63, 3.8) is 0 Å². The van der Waals surface area contributed by atoms with Gasteiger partial charge in [-0.15, -0.1) is 0 Å². The maximum absolute atomic E-state index is 12.4. The average molecular weight is 333 g/mol. The zero-order valence-corrected chi connectivity index (χ0v) is 12.7. The molecule has 6 heteroatoms. The smallest absolute Gasteiger partial charge is 0.243 e. The van der Waals surface area contributed by atoms with Crippen molar-refractivity contribution in [3.05, 3.63) is 28.7 Å². The van der Waals surface area contributed by atoms with E-state index >= 15 is 0 Å². The van der Waals surface area contributed by atoms with Gasteiger partial charge in [-0.3, -0.25) is 0 Å². The summed E-state index contributed by atoms with van der Waals surface area (Å²) >= 11 is 3.31. The zero-order valence-electron chi connectivity index (χ0n) is 10.3. The van der Waals surface area contributed by atoms with E-state index < -0.39 is 10.0 Å². The lowest BCUT2D eigenvalue weighted by molar-refractivity contribution is 0.293. The van der Waals surface area contributed by atoms with Crippen LogP contribution in [0.3, 0.4) is 0 Å². The second kappa shape index (κ2) is 5.69. The monoisotopic (exact) mass is 332 g/mol. The number of likely N-dealkylation sites (N-methyl/N-ethyl adjacent to an activating group) is 1. The lowest BCUT2D eigenvalue weighted by Crippen LogP contribution is -2.46. The van der Waals surface area contributed by atoms with Crippen LogP contribution in [0.4, 0.5) is 0 Å².